The normalized spacial score (nSPS) is 16.3. The summed E-state index contributed by atoms with van der Waals surface area (Å²) in [5.74, 6) is -5.04. The van der Waals surface area contributed by atoms with Crippen LogP contribution in [0, 0.1) is 6.92 Å². The molecule has 0 bridgehead atoms. The molecule has 3 nitrogen and oxygen atoms in total. The number of ketones is 1. The zero-order valence-electron chi connectivity index (χ0n) is 11.7. The van der Waals surface area contributed by atoms with Crippen LogP contribution in [0.4, 0.5) is 27.6 Å². The zero-order chi connectivity index (χ0) is 16.5. The monoisotopic (exact) mass is 323 g/mol. The van der Waals surface area contributed by atoms with Gasteiger partial charge < -0.3 is 9.64 Å². The third kappa shape index (κ3) is 3.31. The van der Waals surface area contributed by atoms with Gasteiger partial charge in [-0.15, -0.1) is 0 Å². The highest BCUT2D eigenvalue weighted by molar-refractivity contribution is 5.88. The molecule has 0 aromatic heterocycles. The molecule has 0 N–H and O–H groups in total. The Labute approximate surface area is 123 Å². The lowest BCUT2D eigenvalue weighted by Crippen LogP contribution is -2.42. The Morgan fingerprint density at radius 3 is 2.45 bits per heavy atom. The first kappa shape index (κ1) is 16.5. The van der Waals surface area contributed by atoms with Crippen molar-refractivity contribution in [3.8, 4) is 5.75 Å². The molecule has 1 fully saturated rings. The van der Waals surface area contributed by atoms with Crippen LogP contribution in [0.3, 0.4) is 0 Å². The van der Waals surface area contributed by atoms with Gasteiger partial charge >= 0.3 is 12.1 Å². The Morgan fingerprint density at radius 1 is 1.23 bits per heavy atom. The van der Waals surface area contributed by atoms with Gasteiger partial charge in [0.2, 0.25) is 0 Å². The highest BCUT2D eigenvalue weighted by Gasteiger charge is 2.58. The molecule has 2 rings (SSSR count). The molecule has 8 heteroatoms. The molecule has 1 heterocycles. The summed E-state index contributed by atoms with van der Waals surface area (Å²) in [6.07, 6.45) is -5.35. The van der Waals surface area contributed by atoms with Crippen LogP contribution in [0.1, 0.15) is 12.0 Å². The maximum Gasteiger partial charge on any atom is 0.456 e. The number of carbonyl (C=O) groups excluding carboxylic acids is 1. The third-order valence-corrected chi connectivity index (χ3v) is 3.37. The summed E-state index contributed by atoms with van der Waals surface area (Å²) in [6, 6.07) is 4.49. The van der Waals surface area contributed by atoms with Crippen molar-refractivity contribution in [2.24, 2.45) is 0 Å². The number of rotatable bonds is 4. The molecule has 0 aliphatic carbocycles. The van der Waals surface area contributed by atoms with Crippen molar-refractivity contribution in [3.63, 3.8) is 0 Å². The molecular weight excluding hydrogens is 309 g/mol. The second-order valence-electron chi connectivity index (χ2n) is 5.12. The van der Waals surface area contributed by atoms with E-state index in [9.17, 15) is 26.7 Å². The van der Waals surface area contributed by atoms with Gasteiger partial charge in [-0.3, -0.25) is 4.79 Å². The maximum atomic E-state index is 13.0. The summed E-state index contributed by atoms with van der Waals surface area (Å²) in [5, 5.41) is 0. The summed E-state index contributed by atoms with van der Waals surface area (Å²) in [7, 11) is 0. The van der Waals surface area contributed by atoms with Crippen molar-refractivity contribution in [1.82, 2.24) is 0 Å². The molecule has 0 saturated carbocycles. The quantitative estimate of drug-likeness (QED) is 0.796. The summed E-state index contributed by atoms with van der Waals surface area (Å²) in [4.78, 5) is 13.0. The first-order valence-corrected chi connectivity index (χ1v) is 6.55. The van der Waals surface area contributed by atoms with Crippen molar-refractivity contribution in [2.75, 3.05) is 24.6 Å². The van der Waals surface area contributed by atoms with Crippen LogP contribution < -0.4 is 9.64 Å². The molecule has 1 aromatic carbocycles. The standard InChI is InChI=1S/C14H14F5NO2/c1-9-3-2-4-11(12(9)20-6-5-10(21)7-20)22-8-13(15,16)14(17,18)19/h2-4H,5-8H2,1H3. The first-order chi connectivity index (χ1) is 10.1. The molecule has 0 radical (unpaired) electrons. The Hall–Kier alpha value is -1.86. The van der Waals surface area contributed by atoms with Crippen molar-refractivity contribution in [3.05, 3.63) is 23.8 Å². The lowest BCUT2D eigenvalue weighted by atomic mass is 10.1. The fourth-order valence-electron chi connectivity index (χ4n) is 2.23. The van der Waals surface area contributed by atoms with E-state index >= 15 is 0 Å². The van der Waals surface area contributed by atoms with Gasteiger partial charge in [-0.2, -0.15) is 22.0 Å². The van der Waals surface area contributed by atoms with E-state index in [2.05, 4.69) is 0 Å². The molecule has 0 unspecified atom stereocenters. The fraction of sp³-hybridized carbons (Fsp3) is 0.500. The van der Waals surface area contributed by atoms with Gasteiger partial charge in [0.15, 0.2) is 12.4 Å². The molecule has 0 spiro atoms. The zero-order valence-corrected chi connectivity index (χ0v) is 11.7. The van der Waals surface area contributed by atoms with E-state index in [4.69, 9.17) is 4.74 Å². The van der Waals surface area contributed by atoms with Crippen LogP contribution in [0.15, 0.2) is 18.2 Å². The molecule has 122 valence electrons. The fourth-order valence-corrected chi connectivity index (χ4v) is 2.23. The van der Waals surface area contributed by atoms with Crippen LogP contribution >= 0.6 is 0 Å². The van der Waals surface area contributed by atoms with Gasteiger partial charge in [0.05, 0.1) is 12.2 Å². The number of hydrogen-bond acceptors (Lipinski definition) is 3. The summed E-state index contributed by atoms with van der Waals surface area (Å²) >= 11 is 0. The number of benzene rings is 1. The van der Waals surface area contributed by atoms with E-state index in [1.54, 1.807) is 17.9 Å². The Morgan fingerprint density at radius 2 is 1.91 bits per heavy atom. The van der Waals surface area contributed by atoms with Crippen LogP contribution in [-0.2, 0) is 4.79 Å². The maximum absolute atomic E-state index is 13.0. The minimum atomic E-state index is -5.67. The number of ether oxygens (including phenoxy) is 1. The number of hydrogen-bond donors (Lipinski definition) is 0. The van der Waals surface area contributed by atoms with Gasteiger partial charge in [-0.05, 0) is 18.6 Å². The Bertz CT molecular complexity index is 571. The number of nitrogens with zero attached hydrogens (tertiary/aromatic N) is 1. The predicted octanol–water partition coefficient (Wildman–Crippen LogP) is 3.35. The highest BCUT2D eigenvalue weighted by atomic mass is 19.4. The number of alkyl halides is 5. The van der Waals surface area contributed by atoms with E-state index in [1.807, 2.05) is 0 Å². The van der Waals surface area contributed by atoms with Crippen molar-refractivity contribution in [2.45, 2.75) is 25.4 Å². The second kappa shape index (κ2) is 5.73. The lowest BCUT2D eigenvalue weighted by molar-refractivity contribution is -0.289. The minimum Gasteiger partial charge on any atom is -0.485 e. The molecule has 0 atom stereocenters. The molecule has 1 aliphatic heterocycles. The first-order valence-electron chi connectivity index (χ1n) is 6.55. The molecular formula is C14H14F5NO2. The molecule has 0 amide bonds. The van der Waals surface area contributed by atoms with Crippen molar-refractivity contribution in [1.29, 1.82) is 0 Å². The van der Waals surface area contributed by atoms with Gasteiger partial charge in [0, 0.05) is 13.0 Å². The number of para-hydroxylation sites is 1. The molecule has 1 aromatic rings. The Kier molecular flexibility index (Phi) is 4.30. The number of aryl methyl sites for hydroxylation is 1. The van der Waals surface area contributed by atoms with Crippen molar-refractivity contribution >= 4 is 11.5 Å². The number of halogens is 5. The Balaban J connectivity index is 2.22. The topological polar surface area (TPSA) is 29.5 Å². The summed E-state index contributed by atoms with van der Waals surface area (Å²) in [5.41, 5.74) is 1.02. The van der Waals surface area contributed by atoms with Gasteiger partial charge in [-0.25, -0.2) is 0 Å². The number of anilines is 1. The molecule has 1 saturated heterocycles. The van der Waals surface area contributed by atoms with Crippen LogP contribution in [0.2, 0.25) is 0 Å². The highest BCUT2D eigenvalue weighted by Crippen LogP contribution is 2.38. The largest absolute Gasteiger partial charge is 0.485 e. The molecule has 1 aliphatic rings. The average molecular weight is 323 g/mol. The molecule has 22 heavy (non-hydrogen) atoms. The predicted molar refractivity (Wildman–Crippen MR) is 69.5 cm³/mol. The SMILES string of the molecule is Cc1cccc(OCC(F)(F)C(F)(F)F)c1N1CCC(=O)C1. The van der Waals surface area contributed by atoms with E-state index in [0.717, 1.165) is 0 Å². The smallest absolute Gasteiger partial charge is 0.456 e. The summed E-state index contributed by atoms with van der Waals surface area (Å²) in [6.45, 7) is 0.355. The minimum absolute atomic E-state index is 0.0187. The van der Waals surface area contributed by atoms with E-state index < -0.39 is 18.7 Å². The van der Waals surface area contributed by atoms with Gasteiger partial charge in [0.1, 0.15) is 5.75 Å². The van der Waals surface area contributed by atoms with Crippen LogP contribution in [-0.4, -0.2) is 37.6 Å². The number of carbonyl (C=O) groups is 1. The summed E-state index contributed by atoms with van der Waals surface area (Å²) < 4.78 is 67.2. The van der Waals surface area contributed by atoms with Crippen molar-refractivity contribution < 1.29 is 31.5 Å². The van der Waals surface area contributed by atoms with E-state index in [1.165, 1.54) is 12.1 Å². The van der Waals surface area contributed by atoms with Crippen LogP contribution in [0.5, 0.6) is 5.75 Å². The number of Topliss-reactive ketones (excluding diaryl/α,β-unsaturated/α-hetero) is 1. The van der Waals surface area contributed by atoms with Gasteiger partial charge in [0.25, 0.3) is 0 Å². The van der Waals surface area contributed by atoms with Gasteiger partial charge in [-0.1, -0.05) is 12.1 Å². The van der Waals surface area contributed by atoms with Crippen LogP contribution in [0.25, 0.3) is 0 Å². The lowest BCUT2D eigenvalue weighted by Gasteiger charge is -2.25. The van der Waals surface area contributed by atoms with E-state index in [-0.39, 0.29) is 18.1 Å². The van der Waals surface area contributed by atoms with E-state index in [0.29, 0.717) is 24.2 Å². The third-order valence-electron chi connectivity index (χ3n) is 3.37. The second-order valence-corrected chi connectivity index (χ2v) is 5.12. The average Bonchev–Trinajstić information content (AvgIpc) is 2.81.